The van der Waals surface area contributed by atoms with Crippen molar-refractivity contribution in [2.45, 2.75) is 24.7 Å². The number of nitrogens with zero attached hydrogens (tertiary/aromatic N) is 1. The third-order valence-electron chi connectivity index (χ3n) is 4.36. The molecule has 1 aliphatic carbocycles. The van der Waals surface area contributed by atoms with E-state index < -0.39 is 0 Å². The number of nitrogens with one attached hydrogen (secondary N) is 2. The van der Waals surface area contributed by atoms with Crippen molar-refractivity contribution in [3.8, 4) is 0 Å². The molecule has 4 heteroatoms. The van der Waals surface area contributed by atoms with Crippen LogP contribution in [0.5, 0.6) is 0 Å². The molecule has 1 amide bonds. The van der Waals surface area contributed by atoms with Gasteiger partial charge in [-0.25, -0.2) is 0 Å². The third-order valence-corrected chi connectivity index (χ3v) is 4.36. The summed E-state index contributed by atoms with van der Waals surface area (Å²) in [6.45, 7) is 1.75. The number of rotatable bonds is 6. The van der Waals surface area contributed by atoms with E-state index in [1.807, 2.05) is 18.3 Å². The van der Waals surface area contributed by atoms with E-state index in [-0.39, 0.29) is 11.3 Å². The summed E-state index contributed by atoms with van der Waals surface area (Å²) < 4.78 is 0. The Kier molecular flexibility index (Phi) is 3.72. The highest BCUT2D eigenvalue weighted by Gasteiger charge is 2.52. The highest BCUT2D eigenvalue weighted by Crippen LogP contribution is 2.50. The third kappa shape index (κ3) is 2.68. The number of aromatic amines is 1. The maximum absolute atomic E-state index is 12.6. The SMILES string of the molecule is CN(C)CCCNC(=O)C1(c2c[nH]c3ccccc23)CC1. The van der Waals surface area contributed by atoms with Gasteiger partial charge in [0.15, 0.2) is 0 Å². The number of aromatic nitrogens is 1. The van der Waals surface area contributed by atoms with Gasteiger partial charge in [0.2, 0.25) is 5.91 Å². The Morgan fingerprint density at radius 3 is 2.81 bits per heavy atom. The molecule has 4 nitrogen and oxygen atoms in total. The number of para-hydroxylation sites is 1. The van der Waals surface area contributed by atoms with Crippen LogP contribution in [0, 0.1) is 0 Å². The van der Waals surface area contributed by atoms with Crippen molar-refractivity contribution in [2.75, 3.05) is 27.2 Å². The highest BCUT2D eigenvalue weighted by atomic mass is 16.2. The lowest BCUT2D eigenvalue weighted by molar-refractivity contribution is -0.123. The molecule has 0 bridgehead atoms. The molecule has 1 aromatic heterocycles. The first-order valence-corrected chi connectivity index (χ1v) is 7.63. The highest BCUT2D eigenvalue weighted by molar-refractivity contribution is 5.97. The number of carbonyl (C=O) groups is 1. The minimum atomic E-state index is -0.294. The van der Waals surface area contributed by atoms with E-state index >= 15 is 0 Å². The summed E-state index contributed by atoms with van der Waals surface area (Å²) in [6, 6.07) is 8.21. The van der Waals surface area contributed by atoms with Crippen LogP contribution in [-0.4, -0.2) is 43.0 Å². The van der Waals surface area contributed by atoms with Crippen molar-refractivity contribution in [1.82, 2.24) is 15.2 Å². The van der Waals surface area contributed by atoms with Gasteiger partial charge < -0.3 is 15.2 Å². The molecule has 0 aliphatic heterocycles. The number of carbonyl (C=O) groups excluding carboxylic acids is 1. The molecule has 0 atom stereocenters. The predicted molar refractivity (Wildman–Crippen MR) is 85.4 cm³/mol. The Bertz CT molecular complexity index is 640. The molecule has 0 saturated heterocycles. The molecule has 2 aromatic rings. The summed E-state index contributed by atoms with van der Waals surface area (Å²) in [5.74, 6) is 0.186. The van der Waals surface area contributed by atoms with Gasteiger partial charge in [-0.2, -0.15) is 0 Å². The predicted octanol–water partition coefficient (Wildman–Crippen LogP) is 2.27. The summed E-state index contributed by atoms with van der Waals surface area (Å²) in [7, 11) is 4.10. The maximum atomic E-state index is 12.6. The van der Waals surface area contributed by atoms with Crippen LogP contribution in [0.3, 0.4) is 0 Å². The zero-order valence-electron chi connectivity index (χ0n) is 12.8. The standard InChI is InChI=1S/C17H23N3O/c1-20(2)11-5-10-18-16(21)17(8-9-17)14-12-19-15-7-4-3-6-13(14)15/h3-4,6-7,12,19H,5,8-11H2,1-2H3,(H,18,21). The van der Waals surface area contributed by atoms with Gasteiger partial charge in [0, 0.05) is 23.6 Å². The average Bonchev–Trinajstić information content (AvgIpc) is 3.17. The van der Waals surface area contributed by atoms with Gasteiger partial charge in [0.25, 0.3) is 0 Å². The zero-order chi connectivity index (χ0) is 14.9. The van der Waals surface area contributed by atoms with Crippen LogP contribution in [0.15, 0.2) is 30.5 Å². The Balaban J connectivity index is 1.71. The summed E-state index contributed by atoms with van der Waals surface area (Å²) in [5, 5.41) is 4.29. The molecule has 21 heavy (non-hydrogen) atoms. The monoisotopic (exact) mass is 285 g/mol. The summed E-state index contributed by atoms with van der Waals surface area (Å²) >= 11 is 0. The number of H-pyrrole nitrogens is 1. The van der Waals surface area contributed by atoms with Crippen LogP contribution in [0.25, 0.3) is 10.9 Å². The number of hydrogen-bond donors (Lipinski definition) is 2. The van der Waals surface area contributed by atoms with Gasteiger partial charge in [0.1, 0.15) is 0 Å². The molecule has 2 N–H and O–H groups in total. The van der Waals surface area contributed by atoms with Crippen LogP contribution < -0.4 is 5.32 Å². The summed E-state index contributed by atoms with van der Waals surface area (Å²) in [4.78, 5) is 18.0. The van der Waals surface area contributed by atoms with Crippen molar-refractivity contribution in [3.63, 3.8) is 0 Å². The molecular formula is C17H23N3O. The molecule has 112 valence electrons. The normalized spacial score (nSPS) is 16.3. The van der Waals surface area contributed by atoms with E-state index in [1.165, 1.54) is 5.39 Å². The van der Waals surface area contributed by atoms with Crippen LogP contribution in [-0.2, 0) is 10.2 Å². The Labute approximate surface area is 125 Å². The van der Waals surface area contributed by atoms with Gasteiger partial charge in [0.05, 0.1) is 5.41 Å². The fourth-order valence-corrected chi connectivity index (χ4v) is 2.98. The minimum absolute atomic E-state index is 0.186. The van der Waals surface area contributed by atoms with Crippen molar-refractivity contribution in [1.29, 1.82) is 0 Å². The van der Waals surface area contributed by atoms with E-state index in [4.69, 9.17) is 0 Å². The molecular weight excluding hydrogens is 262 g/mol. The number of fused-ring (bicyclic) bond motifs is 1. The quantitative estimate of drug-likeness (QED) is 0.800. The molecule has 1 aromatic carbocycles. The lowest BCUT2D eigenvalue weighted by atomic mass is 9.94. The Morgan fingerprint density at radius 2 is 2.10 bits per heavy atom. The van der Waals surface area contributed by atoms with E-state index in [1.54, 1.807) is 0 Å². The summed E-state index contributed by atoms with van der Waals surface area (Å²) in [6.07, 6.45) is 4.91. The average molecular weight is 285 g/mol. The van der Waals surface area contributed by atoms with E-state index in [0.717, 1.165) is 43.4 Å². The van der Waals surface area contributed by atoms with Gasteiger partial charge in [-0.15, -0.1) is 0 Å². The van der Waals surface area contributed by atoms with Crippen molar-refractivity contribution in [2.24, 2.45) is 0 Å². The fourth-order valence-electron chi connectivity index (χ4n) is 2.98. The largest absolute Gasteiger partial charge is 0.361 e. The topological polar surface area (TPSA) is 48.1 Å². The van der Waals surface area contributed by atoms with Gasteiger partial charge in [-0.1, -0.05) is 18.2 Å². The number of benzene rings is 1. The smallest absolute Gasteiger partial charge is 0.230 e. The van der Waals surface area contributed by atoms with Gasteiger partial charge in [-0.05, 0) is 51.5 Å². The van der Waals surface area contributed by atoms with Crippen LogP contribution in [0.4, 0.5) is 0 Å². The number of amides is 1. The second kappa shape index (κ2) is 5.53. The second-order valence-corrected chi connectivity index (χ2v) is 6.24. The first-order valence-electron chi connectivity index (χ1n) is 7.63. The zero-order valence-corrected chi connectivity index (χ0v) is 12.8. The van der Waals surface area contributed by atoms with Gasteiger partial charge >= 0.3 is 0 Å². The Morgan fingerprint density at radius 1 is 1.33 bits per heavy atom. The number of hydrogen-bond acceptors (Lipinski definition) is 2. The molecule has 0 spiro atoms. The van der Waals surface area contributed by atoms with Crippen molar-refractivity contribution in [3.05, 3.63) is 36.0 Å². The molecule has 1 fully saturated rings. The van der Waals surface area contributed by atoms with Crippen LogP contribution in [0.2, 0.25) is 0 Å². The minimum Gasteiger partial charge on any atom is -0.361 e. The first-order chi connectivity index (χ1) is 10.1. The lowest BCUT2D eigenvalue weighted by Crippen LogP contribution is -2.36. The molecule has 1 heterocycles. The second-order valence-electron chi connectivity index (χ2n) is 6.24. The fraction of sp³-hybridized carbons (Fsp3) is 0.471. The van der Waals surface area contributed by atoms with E-state index in [2.05, 4.69) is 41.4 Å². The van der Waals surface area contributed by atoms with E-state index in [0.29, 0.717) is 0 Å². The van der Waals surface area contributed by atoms with Crippen molar-refractivity contribution < 1.29 is 4.79 Å². The molecule has 0 radical (unpaired) electrons. The van der Waals surface area contributed by atoms with Crippen LogP contribution in [0.1, 0.15) is 24.8 Å². The van der Waals surface area contributed by atoms with E-state index in [9.17, 15) is 4.79 Å². The van der Waals surface area contributed by atoms with Gasteiger partial charge in [-0.3, -0.25) is 4.79 Å². The molecule has 3 rings (SSSR count). The summed E-state index contributed by atoms with van der Waals surface area (Å²) in [5.41, 5.74) is 1.97. The first kappa shape index (κ1) is 14.1. The lowest BCUT2D eigenvalue weighted by Gasteiger charge is -2.16. The van der Waals surface area contributed by atoms with Crippen LogP contribution >= 0.6 is 0 Å². The Hall–Kier alpha value is -1.81. The molecule has 1 aliphatic rings. The molecule has 1 saturated carbocycles. The maximum Gasteiger partial charge on any atom is 0.230 e. The molecule has 0 unspecified atom stereocenters. The van der Waals surface area contributed by atoms with Crippen molar-refractivity contribution >= 4 is 16.8 Å².